The predicted molar refractivity (Wildman–Crippen MR) is 186 cm³/mol. The highest BCUT2D eigenvalue weighted by molar-refractivity contribution is 5.97. The zero-order valence-corrected chi connectivity index (χ0v) is 30.2. The molecular formula is C36H56N6O6. The number of hydrogen-bond acceptors (Lipinski definition) is 7. The SMILES string of the molecule is CC(=CC(C(C)C)N(C)C(=O)[C@@H](NC(=O)[C@H]1CCCCN1C(C)C)C(C)(C)C)C(=O)N1CCC[C@H]1C(=O)NCc1cccc([N+](=O)[O-])c1. The fourth-order valence-electron chi connectivity index (χ4n) is 6.77. The molecule has 0 aliphatic carbocycles. The fraction of sp³-hybridized carbons (Fsp3) is 0.667. The van der Waals surface area contributed by atoms with Crippen molar-refractivity contribution >= 4 is 29.3 Å². The van der Waals surface area contributed by atoms with Crippen molar-refractivity contribution < 1.29 is 24.1 Å². The van der Waals surface area contributed by atoms with Gasteiger partial charge in [-0.05, 0) is 69.9 Å². The molecule has 2 N–H and O–H groups in total. The normalized spacial score (nSPS) is 20.4. The zero-order valence-electron chi connectivity index (χ0n) is 30.2. The minimum Gasteiger partial charge on any atom is -0.350 e. The zero-order chi connectivity index (χ0) is 35.9. The summed E-state index contributed by atoms with van der Waals surface area (Å²) in [6.07, 6.45) is 5.75. The number of likely N-dealkylation sites (N-methyl/N-ethyl adjacent to an activating group) is 1. The molecule has 48 heavy (non-hydrogen) atoms. The maximum Gasteiger partial charge on any atom is 0.269 e. The van der Waals surface area contributed by atoms with Crippen LogP contribution >= 0.6 is 0 Å². The van der Waals surface area contributed by atoms with Crippen molar-refractivity contribution in [1.82, 2.24) is 25.3 Å². The smallest absolute Gasteiger partial charge is 0.269 e. The minimum absolute atomic E-state index is 0.0413. The second-order valence-electron chi connectivity index (χ2n) is 15.0. The van der Waals surface area contributed by atoms with E-state index in [0.29, 0.717) is 30.5 Å². The van der Waals surface area contributed by atoms with Gasteiger partial charge in [0.1, 0.15) is 12.1 Å². The molecule has 0 bridgehead atoms. The van der Waals surface area contributed by atoms with Crippen LogP contribution in [0.25, 0.3) is 0 Å². The van der Waals surface area contributed by atoms with E-state index in [1.807, 2.05) is 34.6 Å². The molecule has 2 saturated heterocycles. The van der Waals surface area contributed by atoms with Gasteiger partial charge in [0.2, 0.25) is 23.6 Å². The number of nitro groups is 1. The van der Waals surface area contributed by atoms with E-state index in [4.69, 9.17) is 0 Å². The first kappa shape index (κ1) is 38.6. The molecule has 4 amide bonds. The van der Waals surface area contributed by atoms with Crippen LogP contribution in [-0.2, 0) is 25.7 Å². The number of amides is 4. The Morgan fingerprint density at radius 1 is 1.02 bits per heavy atom. The first-order valence-electron chi connectivity index (χ1n) is 17.3. The molecule has 0 saturated carbocycles. The van der Waals surface area contributed by atoms with Gasteiger partial charge < -0.3 is 20.4 Å². The maximum atomic E-state index is 14.1. The van der Waals surface area contributed by atoms with Gasteiger partial charge in [0.05, 0.1) is 17.0 Å². The number of carbonyl (C=O) groups is 4. The number of nitro benzene ring substituents is 1. The van der Waals surface area contributed by atoms with Gasteiger partial charge in [-0.3, -0.25) is 34.2 Å². The lowest BCUT2D eigenvalue weighted by atomic mass is 9.84. The van der Waals surface area contributed by atoms with Crippen LogP contribution in [0, 0.1) is 21.4 Å². The van der Waals surface area contributed by atoms with Crippen molar-refractivity contribution in [3.63, 3.8) is 0 Å². The van der Waals surface area contributed by atoms with E-state index in [-0.39, 0.29) is 53.9 Å². The van der Waals surface area contributed by atoms with Crippen LogP contribution in [0.1, 0.15) is 93.1 Å². The molecule has 0 radical (unpaired) electrons. The molecule has 4 atom stereocenters. The number of non-ortho nitro benzene ring substituents is 1. The van der Waals surface area contributed by atoms with Gasteiger partial charge in [-0.15, -0.1) is 0 Å². The molecule has 12 heteroatoms. The topological polar surface area (TPSA) is 145 Å². The van der Waals surface area contributed by atoms with Crippen molar-refractivity contribution in [1.29, 1.82) is 0 Å². The standard InChI is InChI=1S/C36H56N6O6/c1-23(2)30(39(9)35(46)31(36(6,7)8)38-33(44)29-16-10-11-18-40(29)24(3)4)20-25(5)34(45)41-19-13-17-28(41)32(43)37-22-26-14-12-15-27(21-26)42(47)48/h12,14-15,20-21,23-24,28-31H,10-11,13,16-19,22H2,1-9H3,(H,37,43)(H,38,44)/t28-,29+,30?,31+/m0/s1. The summed E-state index contributed by atoms with van der Waals surface area (Å²) in [7, 11) is 1.72. The molecule has 0 spiro atoms. The summed E-state index contributed by atoms with van der Waals surface area (Å²) in [5, 5.41) is 17.1. The Hall–Kier alpha value is -3.80. The van der Waals surface area contributed by atoms with Crippen LogP contribution in [0.3, 0.4) is 0 Å². The van der Waals surface area contributed by atoms with Crippen LogP contribution in [-0.4, -0.2) is 93.6 Å². The Morgan fingerprint density at radius 3 is 2.29 bits per heavy atom. The van der Waals surface area contributed by atoms with Gasteiger partial charge in [0, 0.05) is 43.9 Å². The Labute approximate surface area is 285 Å². The molecule has 1 unspecified atom stereocenters. The molecule has 1 aromatic carbocycles. The van der Waals surface area contributed by atoms with Crippen LogP contribution in [0.4, 0.5) is 5.69 Å². The van der Waals surface area contributed by atoms with E-state index < -0.39 is 28.5 Å². The largest absolute Gasteiger partial charge is 0.350 e. The number of rotatable bonds is 12. The van der Waals surface area contributed by atoms with Crippen molar-refractivity contribution in [3.8, 4) is 0 Å². The van der Waals surface area contributed by atoms with Gasteiger partial charge >= 0.3 is 0 Å². The molecule has 2 fully saturated rings. The average Bonchev–Trinajstić information content (AvgIpc) is 3.53. The Bertz CT molecular complexity index is 1370. The quantitative estimate of drug-likeness (QED) is 0.191. The molecule has 0 aromatic heterocycles. The van der Waals surface area contributed by atoms with Gasteiger partial charge in [-0.25, -0.2) is 0 Å². The van der Waals surface area contributed by atoms with E-state index in [1.165, 1.54) is 12.1 Å². The number of likely N-dealkylation sites (tertiary alicyclic amines) is 2. The third-order valence-electron chi connectivity index (χ3n) is 9.55. The highest BCUT2D eigenvalue weighted by Crippen LogP contribution is 2.27. The molecule has 1 aromatic rings. The lowest BCUT2D eigenvalue weighted by Gasteiger charge is -2.41. The summed E-state index contributed by atoms with van der Waals surface area (Å²) in [6, 6.07) is 4.15. The van der Waals surface area contributed by atoms with Crippen molar-refractivity contribution in [2.75, 3.05) is 20.1 Å². The van der Waals surface area contributed by atoms with E-state index in [9.17, 15) is 29.3 Å². The lowest BCUT2D eigenvalue weighted by Crippen LogP contribution is -2.60. The number of carbonyl (C=O) groups excluding carboxylic acids is 4. The average molecular weight is 669 g/mol. The first-order valence-corrected chi connectivity index (χ1v) is 17.3. The Balaban J connectivity index is 1.74. The van der Waals surface area contributed by atoms with Crippen LogP contribution in [0.15, 0.2) is 35.9 Å². The van der Waals surface area contributed by atoms with Crippen molar-refractivity contribution in [2.24, 2.45) is 11.3 Å². The third kappa shape index (κ3) is 9.64. The number of piperidine rings is 1. The van der Waals surface area contributed by atoms with Crippen LogP contribution < -0.4 is 10.6 Å². The number of nitrogens with zero attached hydrogens (tertiary/aromatic N) is 4. The van der Waals surface area contributed by atoms with Crippen molar-refractivity contribution in [2.45, 2.75) is 124 Å². The molecule has 2 aliphatic rings. The summed E-state index contributed by atoms with van der Waals surface area (Å²) < 4.78 is 0. The predicted octanol–water partition coefficient (Wildman–Crippen LogP) is 4.43. The minimum atomic E-state index is -0.769. The molecule has 2 aliphatic heterocycles. The summed E-state index contributed by atoms with van der Waals surface area (Å²) in [4.78, 5) is 70.7. The number of benzene rings is 1. The van der Waals surface area contributed by atoms with Crippen molar-refractivity contribution in [3.05, 3.63) is 51.6 Å². The second kappa shape index (κ2) is 16.5. The van der Waals surface area contributed by atoms with Gasteiger partial charge in [0.15, 0.2) is 0 Å². The van der Waals surface area contributed by atoms with Gasteiger partial charge in [0.25, 0.3) is 5.69 Å². The van der Waals surface area contributed by atoms with E-state index >= 15 is 0 Å². The van der Waals surface area contributed by atoms with Gasteiger partial charge in [-0.1, -0.05) is 59.2 Å². The maximum absolute atomic E-state index is 14.1. The van der Waals surface area contributed by atoms with E-state index in [2.05, 4.69) is 29.4 Å². The molecule has 3 rings (SSSR count). The highest BCUT2D eigenvalue weighted by atomic mass is 16.6. The number of nitrogens with one attached hydrogen (secondary N) is 2. The lowest BCUT2D eigenvalue weighted by molar-refractivity contribution is -0.384. The van der Waals surface area contributed by atoms with Crippen LogP contribution in [0.2, 0.25) is 0 Å². The van der Waals surface area contributed by atoms with E-state index in [0.717, 1.165) is 25.8 Å². The summed E-state index contributed by atoms with van der Waals surface area (Å²) >= 11 is 0. The Kier molecular flexibility index (Phi) is 13.3. The number of hydrogen-bond donors (Lipinski definition) is 2. The second-order valence-corrected chi connectivity index (χ2v) is 15.0. The molecule has 2 heterocycles. The van der Waals surface area contributed by atoms with Crippen LogP contribution in [0.5, 0.6) is 0 Å². The van der Waals surface area contributed by atoms with Gasteiger partial charge in [-0.2, -0.15) is 0 Å². The molecule has 12 nitrogen and oxygen atoms in total. The highest BCUT2D eigenvalue weighted by Gasteiger charge is 2.40. The summed E-state index contributed by atoms with van der Waals surface area (Å²) in [5.41, 5.74) is 0.409. The van der Waals surface area contributed by atoms with E-state index in [1.54, 1.807) is 42.0 Å². The fourth-order valence-corrected chi connectivity index (χ4v) is 6.77. The monoisotopic (exact) mass is 668 g/mol. The summed E-state index contributed by atoms with van der Waals surface area (Å²) in [5.74, 6) is -0.985. The Morgan fingerprint density at radius 2 is 1.69 bits per heavy atom. The molecule has 266 valence electrons. The first-order chi connectivity index (χ1) is 22.4. The summed E-state index contributed by atoms with van der Waals surface area (Å²) in [6.45, 7) is 17.1. The third-order valence-corrected chi connectivity index (χ3v) is 9.55. The molecular weight excluding hydrogens is 612 g/mol.